The van der Waals surface area contributed by atoms with Crippen LogP contribution in [0, 0.1) is 6.92 Å². The molecule has 3 heterocycles. The molecule has 6 heteroatoms. The fourth-order valence-corrected chi connectivity index (χ4v) is 3.96. The number of carbonyl (C=O) groups excluding carboxylic acids is 1. The van der Waals surface area contributed by atoms with Gasteiger partial charge in [0.1, 0.15) is 23.1 Å². The minimum Gasteiger partial charge on any atom is -0.497 e. The summed E-state index contributed by atoms with van der Waals surface area (Å²) in [6.45, 7) is 2.61. The van der Waals surface area contributed by atoms with Crippen LogP contribution in [0.5, 0.6) is 11.5 Å². The molecule has 2 aromatic rings. The van der Waals surface area contributed by atoms with Crippen molar-refractivity contribution in [3.05, 3.63) is 29.5 Å². The van der Waals surface area contributed by atoms with E-state index in [4.69, 9.17) is 19.2 Å². The average Bonchev–Trinajstić information content (AvgIpc) is 3.04. The molecule has 2 unspecified atom stereocenters. The first-order valence-corrected chi connectivity index (χ1v) is 8.53. The summed E-state index contributed by atoms with van der Waals surface area (Å²) in [5.41, 5.74) is 2.64. The van der Waals surface area contributed by atoms with Crippen LogP contribution in [0.15, 0.2) is 18.2 Å². The van der Waals surface area contributed by atoms with Gasteiger partial charge in [-0.2, -0.15) is 0 Å². The summed E-state index contributed by atoms with van der Waals surface area (Å²) in [6.07, 6.45) is 2.36. The molecule has 1 fully saturated rings. The van der Waals surface area contributed by atoms with E-state index in [2.05, 4.69) is 5.32 Å². The van der Waals surface area contributed by atoms with Crippen molar-refractivity contribution >= 4 is 16.9 Å². The summed E-state index contributed by atoms with van der Waals surface area (Å²) in [7, 11) is 3.08. The van der Waals surface area contributed by atoms with Crippen LogP contribution in [-0.4, -0.2) is 43.4 Å². The summed E-state index contributed by atoms with van der Waals surface area (Å²) in [5.74, 6) is 1.43. The van der Waals surface area contributed by atoms with Crippen LogP contribution >= 0.6 is 0 Å². The second-order valence-corrected chi connectivity index (χ2v) is 6.83. The zero-order valence-electron chi connectivity index (χ0n) is 14.7. The molecule has 0 bridgehead atoms. The van der Waals surface area contributed by atoms with E-state index in [1.54, 1.807) is 7.11 Å². The van der Waals surface area contributed by atoms with Crippen molar-refractivity contribution < 1.29 is 19.0 Å². The maximum Gasteiger partial charge on any atom is 0.323 e. The molecule has 1 spiro atoms. The topological polar surface area (TPSA) is 69.7 Å². The van der Waals surface area contributed by atoms with Gasteiger partial charge in [0.25, 0.3) is 0 Å². The van der Waals surface area contributed by atoms with Gasteiger partial charge in [-0.15, -0.1) is 0 Å². The Labute approximate surface area is 146 Å². The Morgan fingerprint density at radius 3 is 3.00 bits per heavy atom. The largest absolute Gasteiger partial charge is 0.497 e. The Balaban J connectivity index is 1.72. The number of carbonyl (C=O) groups is 1. The number of hydrogen-bond acceptors (Lipinski definition) is 6. The van der Waals surface area contributed by atoms with Crippen LogP contribution < -0.4 is 14.8 Å². The highest BCUT2D eigenvalue weighted by Crippen LogP contribution is 2.42. The highest BCUT2D eigenvalue weighted by atomic mass is 16.5. The number of ether oxygens (including phenoxy) is 3. The minimum atomic E-state index is -0.370. The number of hydrogen-bond donors (Lipinski definition) is 1. The second-order valence-electron chi connectivity index (χ2n) is 6.83. The van der Waals surface area contributed by atoms with Gasteiger partial charge in [-0.1, -0.05) is 0 Å². The summed E-state index contributed by atoms with van der Waals surface area (Å²) < 4.78 is 16.7. The molecule has 2 aliphatic rings. The lowest BCUT2D eigenvalue weighted by molar-refractivity contribution is -0.143. The number of aryl methyl sites for hydroxylation is 2. The van der Waals surface area contributed by atoms with E-state index in [9.17, 15) is 4.79 Å². The Morgan fingerprint density at radius 1 is 1.40 bits per heavy atom. The molecule has 1 saturated heterocycles. The van der Waals surface area contributed by atoms with Crippen molar-refractivity contribution in [3.63, 3.8) is 0 Å². The molecule has 0 amide bonds. The molecule has 0 aliphatic carbocycles. The predicted molar refractivity (Wildman–Crippen MR) is 93.1 cm³/mol. The number of aromatic nitrogens is 1. The van der Waals surface area contributed by atoms with Crippen LogP contribution in [-0.2, 0) is 16.0 Å². The average molecular weight is 342 g/mol. The Kier molecular flexibility index (Phi) is 3.80. The van der Waals surface area contributed by atoms with E-state index >= 15 is 0 Å². The normalized spacial score (nSPS) is 24.8. The highest BCUT2D eigenvalue weighted by Gasteiger charge is 2.46. The molecular formula is C19H22N2O4. The van der Waals surface area contributed by atoms with Gasteiger partial charge >= 0.3 is 5.97 Å². The molecule has 0 radical (unpaired) electrons. The van der Waals surface area contributed by atoms with Gasteiger partial charge in [-0.25, -0.2) is 4.98 Å². The van der Waals surface area contributed by atoms with Crippen molar-refractivity contribution in [1.82, 2.24) is 10.3 Å². The van der Waals surface area contributed by atoms with E-state index < -0.39 is 0 Å². The molecule has 0 saturated carbocycles. The van der Waals surface area contributed by atoms with E-state index in [0.29, 0.717) is 13.0 Å². The van der Waals surface area contributed by atoms with Gasteiger partial charge in [0.05, 0.1) is 25.4 Å². The second kappa shape index (κ2) is 5.88. The van der Waals surface area contributed by atoms with Gasteiger partial charge in [0.2, 0.25) is 0 Å². The first kappa shape index (κ1) is 16.1. The fraction of sp³-hybridized carbons (Fsp3) is 0.474. The molecule has 2 atom stereocenters. The number of benzene rings is 1. The van der Waals surface area contributed by atoms with Crippen LogP contribution in [0.25, 0.3) is 10.9 Å². The first-order valence-electron chi connectivity index (χ1n) is 8.53. The van der Waals surface area contributed by atoms with Gasteiger partial charge in [-0.3, -0.25) is 4.79 Å². The monoisotopic (exact) mass is 342 g/mol. The van der Waals surface area contributed by atoms with Gasteiger partial charge < -0.3 is 19.5 Å². The minimum absolute atomic E-state index is 0.232. The van der Waals surface area contributed by atoms with Crippen LogP contribution in [0.2, 0.25) is 0 Å². The van der Waals surface area contributed by atoms with Crippen molar-refractivity contribution in [1.29, 1.82) is 0 Å². The molecule has 1 aromatic carbocycles. The lowest BCUT2D eigenvalue weighted by Gasteiger charge is -2.36. The molecule has 132 valence electrons. The van der Waals surface area contributed by atoms with Gasteiger partial charge in [0, 0.05) is 23.9 Å². The molecule has 1 aromatic heterocycles. The van der Waals surface area contributed by atoms with Gasteiger partial charge in [0.15, 0.2) is 0 Å². The maximum absolute atomic E-state index is 11.8. The number of methoxy groups -OCH3 is 2. The molecule has 2 aliphatic heterocycles. The van der Waals surface area contributed by atoms with Crippen molar-refractivity contribution in [2.45, 2.75) is 37.8 Å². The van der Waals surface area contributed by atoms with Crippen LogP contribution in [0.1, 0.15) is 24.1 Å². The van der Waals surface area contributed by atoms with Crippen molar-refractivity contribution in [3.8, 4) is 11.5 Å². The van der Waals surface area contributed by atoms with Gasteiger partial charge in [-0.05, 0) is 38.0 Å². The Hall–Kier alpha value is -2.34. The zero-order valence-corrected chi connectivity index (χ0v) is 14.7. The molecule has 4 rings (SSSR count). The highest BCUT2D eigenvalue weighted by molar-refractivity contribution is 5.86. The SMILES string of the molecule is COC(=O)C1CC2(CCc3c(c(C)nc4ccc(OC)cc34)O2)CN1. The molecule has 25 heavy (non-hydrogen) atoms. The van der Waals surface area contributed by atoms with Crippen molar-refractivity contribution in [2.24, 2.45) is 0 Å². The third kappa shape index (κ3) is 2.61. The summed E-state index contributed by atoms with van der Waals surface area (Å²) >= 11 is 0. The van der Waals surface area contributed by atoms with Crippen LogP contribution in [0.3, 0.4) is 0 Å². The number of nitrogens with zero attached hydrogens (tertiary/aromatic N) is 1. The number of esters is 1. The first-order chi connectivity index (χ1) is 12.0. The summed E-state index contributed by atoms with van der Waals surface area (Å²) in [5, 5.41) is 4.31. The number of rotatable bonds is 2. The Morgan fingerprint density at radius 2 is 2.24 bits per heavy atom. The van der Waals surface area contributed by atoms with Crippen LogP contribution in [0.4, 0.5) is 0 Å². The predicted octanol–water partition coefficient (Wildman–Crippen LogP) is 2.15. The maximum atomic E-state index is 11.8. The van der Waals surface area contributed by atoms with E-state index in [1.165, 1.54) is 12.7 Å². The zero-order chi connectivity index (χ0) is 17.6. The lowest BCUT2D eigenvalue weighted by atomic mass is 9.87. The molecule has 1 N–H and O–H groups in total. The quantitative estimate of drug-likeness (QED) is 0.844. The third-order valence-electron chi connectivity index (χ3n) is 5.30. The number of nitrogens with one attached hydrogen (secondary N) is 1. The number of pyridine rings is 1. The van der Waals surface area contributed by atoms with E-state index in [-0.39, 0.29) is 17.6 Å². The molecule has 6 nitrogen and oxygen atoms in total. The fourth-order valence-electron chi connectivity index (χ4n) is 3.96. The summed E-state index contributed by atoms with van der Waals surface area (Å²) in [4.78, 5) is 16.5. The standard InChI is InChI=1S/C19H22N2O4/c1-11-17-13(14-8-12(23-2)4-5-15(14)21-11)6-7-19(25-17)9-16(20-10-19)18(22)24-3/h4-5,8,16,20H,6-7,9-10H2,1-3H3. The van der Waals surface area contributed by atoms with E-state index in [0.717, 1.165) is 40.9 Å². The number of fused-ring (bicyclic) bond motifs is 3. The van der Waals surface area contributed by atoms with E-state index in [1.807, 2.05) is 25.1 Å². The lowest BCUT2D eigenvalue weighted by Crippen LogP contribution is -2.42. The Bertz CT molecular complexity index is 851. The molecular weight excluding hydrogens is 320 g/mol. The third-order valence-corrected chi connectivity index (χ3v) is 5.30. The van der Waals surface area contributed by atoms with Crippen molar-refractivity contribution in [2.75, 3.05) is 20.8 Å². The summed E-state index contributed by atoms with van der Waals surface area (Å²) in [6, 6.07) is 5.62. The smallest absolute Gasteiger partial charge is 0.323 e.